The van der Waals surface area contributed by atoms with Gasteiger partial charge < -0.3 is 14.2 Å². The maximum Gasteiger partial charge on any atom is 0.173 e. The fourth-order valence-electron chi connectivity index (χ4n) is 4.91. The molecule has 4 aliphatic rings. The molecule has 21 heavy (non-hydrogen) atoms. The zero-order valence-corrected chi connectivity index (χ0v) is 14.3. The minimum Gasteiger partial charge on any atom is -0.339 e. The first-order valence-electron chi connectivity index (χ1n) is 7.64. The van der Waals surface area contributed by atoms with Crippen LogP contribution in [0.25, 0.3) is 0 Å². The van der Waals surface area contributed by atoms with Crippen LogP contribution in [0.1, 0.15) is 46.1 Å². The Kier molecular flexibility index (Phi) is 2.62. The number of aryl methyl sites for hydroxylation is 1. The Bertz CT molecular complexity index is 570. The molecule has 0 radical (unpaired) electrons. The smallest absolute Gasteiger partial charge is 0.173 e. The summed E-state index contributed by atoms with van der Waals surface area (Å²) in [6.07, 6.45) is 1.59. The van der Waals surface area contributed by atoms with Gasteiger partial charge >= 0.3 is 0 Å². The van der Waals surface area contributed by atoms with E-state index >= 15 is 0 Å². The topological polar surface area (TPSA) is 27.7 Å². The summed E-state index contributed by atoms with van der Waals surface area (Å²) in [5.41, 5.74) is 1.34. The molecule has 1 aromatic rings. The van der Waals surface area contributed by atoms with Gasteiger partial charge in [-0.25, -0.2) is 0 Å². The van der Waals surface area contributed by atoms with Crippen molar-refractivity contribution < 1.29 is 14.2 Å². The van der Waals surface area contributed by atoms with Gasteiger partial charge in [0.25, 0.3) is 0 Å². The molecule has 4 aliphatic heterocycles. The molecule has 0 aromatic heterocycles. The molecule has 4 heterocycles. The van der Waals surface area contributed by atoms with Gasteiger partial charge in [-0.2, -0.15) is 0 Å². The zero-order valence-electron chi connectivity index (χ0n) is 13.4. The lowest BCUT2D eigenvalue weighted by Gasteiger charge is -2.69. The van der Waals surface area contributed by atoms with E-state index in [0.29, 0.717) is 0 Å². The van der Waals surface area contributed by atoms with E-state index < -0.39 is 19.5 Å². The molecule has 0 N–H and O–H groups in total. The van der Waals surface area contributed by atoms with Crippen molar-refractivity contribution in [3.05, 3.63) is 29.8 Å². The van der Waals surface area contributed by atoms with Gasteiger partial charge in [-0.05, 0) is 53.4 Å². The Morgan fingerprint density at radius 1 is 0.857 bits per heavy atom. The van der Waals surface area contributed by atoms with Gasteiger partial charge in [-0.1, -0.05) is 24.3 Å². The Labute approximate surface area is 127 Å². The second-order valence-electron chi connectivity index (χ2n) is 7.40. The standard InChI is InChI=1S/C17H23O3P/c1-12-8-6-7-9-13(12)21-16(4)10-14(2)18-15(3,20-16)11-17(21,5)19-14/h6-9H,10-11H2,1-5H3/t14-,15-,16+,17+/m1/s1. The number of hydrogen-bond donors (Lipinski definition) is 0. The van der Waals surface area contributed by atoms with Crippen molar-refractivity contribution >= 4 is 13.2 Å². The molecule has 4 fully saturated rings. The van der Waals surface area contributed by atoms with E-state index in [0.717, 1.165) is 12.8 Å². The van der Waals surface area contributed by atoms with Gasteiger partial charge in [0.15, 0.2) is 11.6 Å². The summed E-state index contributed by atoms with van der Waals surface area (Å²) >= 11 is 0. The molecule has 0 aliphatic carbocycles. The van der Waals surface area contributed by atoms with Crippen LogP contribution < -0.4 is 5.30 Å². The van der Waals surface area contributed by atoms with Crippen LogP contribution in [0.15, 0.2) is 24.3 Å². The molecule has 1 aromatic carbocycles. The number of benzene rings is 1. The molecular weight excluding hydrogens is 283 g/mol. The van der Waals surface area contributed by atoms with Crippen molar-refractivity contribution in [1.29, 1.82) is 0 Å². The van der Waals surface area contributed by atoms with Crippen LogP contribution in [0.2, 0.25) is 0 Å². The molecule has 0 spiro atoms. The fourth-order valence-corrected chi connectivity index (χ4v) is 9.05. The van der Waals surface area contributed by atoms with Crippen molar-refractivity contribution in [2.75, 3.05) is 0 Å². The molecule has 114 valence electrons. The maximum atomic E-state index is 6.48. The van der Waals surface area contributed by atoms with Gasteiger partial charge in [0.05, 0.1) is 10.7 Å². The van der Waals surface area contributed by atoms with E-state index in [1.807, 2.05) is 0 Å². The van der Waals surface area contributed by atoms with E-state index in [4.69, 9.17) is 14.2 Å². The average molecular weight is 306 g/mol. The Balaban J connectivity index is 1.89. The molecule has 0 unspecified atom stereocenters. The lowest BCUT2D eigenvalue weighted by atomic mass is 9.98. The number of rotatable bonds is 1. The van der Waals surface area contributed by atoms with E-state index in [9.17, 15) is 0 Å². The first-order valence-corrected chi connectivity index (χ1v) is 8.98. The molecule has 4 atom stereocenters. The highest BCUT2D eigenvalue weighted by Crippen LogP contribution is 2.75. The second kappa shape index (κ2) is 3.89. The van der Waals surface area contributed by atoms with Crippen LogP contribution in [0.4, 0.5) is 0 Å². The predicted octanol–water partition coefficient (Wildman–Crippen LogP) is 3.84. The van der Waals surface area contributed by atoms with Crippen molar-refractivity contribution in [1.82, 2.24) is 0 Å². The highest BCUT2D eigenvalue weighted by atomic mass is 31.1. The average Bonchev–Trinajstić information content (AvgIpc) is 2.24. The summed E-state index contributed by atoms with van der Waals surface area (Å²) in [6.45, 7) is 10.8. The third kappa shape index (κ3) is 1.88. The minimum atomic E-state index is -0.574. The summed E-state index contributed by atoms with van der Waals surface area (Å²) in [5.74, 6) is -1.04. The molecule has 5 rings (SSSR count). The van der Waals surface area contributed by atoms with Crippen molar-refractivity contribution in [2.45, 2.75) is 69.7 Å². The Hall–Kier alpha value is -0.470. The van der Waals surface area contributed by atoms with Crippen LogP contribution in [0.3, 0.4) is 0 Å². The number of hydrogen-bond acceptors (Lipinski definition) is 3. The van der Waals surface area contributed by atoms with Gasteiger partial charge in [-0.3, -0.25) is 0 Å². The zero-order chi connectivity index (χ0) is 15.1. The fraction of sp³-hybridized carbons (Fsp3) is 0.647. The van der Waals surface area contributed by atoms with E-state index in [1.54, 1.807) is 0 Å². The summed E-state index contributed by atoms with van der Waals surface area (Å²) in [5, 5.41) is 1.03. The van der Waals surface area contributed by atoms with Crippen LogP contribution >= 0.6 is 7.92 Å². The SMILES string of the molecule is Cc1ccccc1P1[C@@]2(C)C[C@]3(C)O[C@@](C)(C[C@@]1(C)O3)O2. The predicted molar refractivity (Wildman–Crippen MR) is 83.8 cm³/mol. The van der Waals surface area contributed by atoms with Gasteiger partial charge in [0, 0.05) is 12.8 Å². The summed E-state index contributed by atoms with van der Waals surface area (Å²) in [4.78, 5) is 0. The first kappa shape index (κ1) is 14.1. The normalized spacial score (nSPS) is 51.4. The molecular formula is C17H23O3P. The molecule has 0 amide bonds. The largest absolute Gasteiger partial charge is 0.339 e. The Morgan fingerprint density at radius 2 is 1.38 bits per heavy atom. The molecule has 4 saturated heterocycles. The van der Waals surface area contributed by atoms with Gasteiger partial charge in [0.2, 0.25) is 0 Å². The third-order valence-corrected chi connectivity index (χ3v) is 8.28. The highest BCUT2D eigenvalue weighted by molar-refractivity contribution is 7.68. The van der Waals surface area contributed by atoms with Gasteiger partial charge in [0.1, 0.15) is 0 Å². The number of ether oxygens (including phenoxy) is 3. The van der Waals surface area contributed by atoms with Crippen LogP contribution in [0, 0.1) is 6.92 Å². The monoisotopic (exact) mass is 306 g/mol. The lowest BCUT2D eigenvalue weighted by Crippen LogP contribution is -2.72. The van der Waals surface area contributed by atoms with Crippen molar-refractivity contribution in [3.63, 3.8) is 0 Å². The van der Waals surface area contributed by atoms with Crippen LogP contribution in [-0.4, -0.2) is 22.3 Å². The summed E-state index contributed by atoms with van der Waals surface area (Å²) < 4.78 is 19.1. The van der Waals surface area contributed by atoms with Crippen molar-refractivity contribution in [3.8, 4) is 0 Å². The Morgan fingerprint density at radius 3 is 1.90 bits per heavy atom. The second-order valence-corrected chi connectivity index (χ2v) is 10.4. The van der Waals surface area contributed by atoms with Gasteiger partial charge in [-0.15, -0.1) is 0 Å². The van der Waals surface area contributed by atoms with Crippen LogP contribution in [0.5, 0.6) is 0 Å². The summed E-state index contributed by atoms with van der Waals surface area (Å²) in [6, 6.07) is 8.67. The summed E-state index contributed by atoms with van der Waals surface area (Å²) in [7, 11) is -0.574. The lowest BCUT2D eigenvalue weighted by molar-refractivity contribution is -0.467. The third-order valence-electron chi connectivity index (χ3n) is 4.90. The van der Waals surface area contributed by atoms with Crippen molar-refractivity contribution in [2.24, 2.45) is 0 Å². The van der Waals surface area contributed by atoms with Crippen LogP contribution in [-0.2, 0) is 14.2 Å². The maximum absolute atomic E-state index is 6.48. The molecule has 4 bridgehead atoms. The quantitative estimate of drug-likeness (QED) is 0.738. The van der Waals surface area contributed by atoms with E-state index in [-0.39, 0.29) is 10.7 Å². The van der Waals surface area contributed by atoms with E-state index in [2.05, 4.69) is 58.9 Å². The molecule has 0 saturated carbocycles. The molecule has 3 nitrogen and oxygen atoms in total. The minimum absolute atomic E-state index is 0.186. The van der Waals surface area contributed by atoms with E-state index in [1.165, 1.54) is 10.9 Å². The highest BCUT2D eigenvalue weighted by Gasteiger charge is 2.71. The first-order chi connectivity index (χ1) is 9.67. The molecule has 4 heteroatoms.